The Morgan fingerprint density at radius 1 is 1.18 bits per heavy atom. The zero-order chi connectivity index (χ0) is 23.4. The Bertz CT molecular complexity index is 1130. The van der Waals surface area contributed by atoms with Crippen LogP contribution < -0.4 is 20.1 Å². The quantitative estimate of drug-likeness (QED) is 0.637. The van der Waals surface area contributed by atoms with Gasteiger partial charge in [-0.1, -0.05) is 12.1 Å². The monoisotopic (exact) mass is 473 g/mol. The number of nitrogens with zero attached hydrogens (tertiary/aromatic N) is 1. The average Bonchev–Trinajstić information content (AvgIpc) is 2.83. The van der Waals surface area contributed by atoms with Crippen LogP contribution in [0.3, 0.4) is 0 Å². The lowest BCUT2D eigenvalue weighted by Crippen LogP contribution is -2.42. The van der Waals surface area contributed by atoms with Crippen molar-refractivity contribution in [1.82, 2.24) is 9.62 Å². The normalized spacial score (nSPS) is 16.9. The molecule has 33 heavy (non-hydrogen) atoms. The molecule has 0 spiro atoms. The van der Waals surface area contributed by atoms with E-state index in [9.17, 15) is 18.0 Å². The van der Waals surface area contributed by atoms with E-state index >= 15 is 0 Å². The maximum atomic E-state index is 13.1. The smallest absolute Gasteiger partial charge is 0.262 e. The molecular weight excluding hydrogens is 446 g/mol. The van der Waals surface area contributed by atoms with Crippen LogP contribution in [0.1, 0.15) is 25.3 Å². The highest BCUT2D eigenvalue weighted by Gasteiger charge is 2.32. The molecule has 10 heteroatoms. The molecule has 0 atom stereocenters. The third-order valence-corrected chi connectivity index (χ3v) is 7.64. The van der Waals surface area contributed by atoms with Crippen LogP contribution in [-0.2, 0) is 26.2 Å². The highest BCUT2D eigenvalue weighted by atomic mass is 32.2. The molecule has 0 bridgehead atoms. The number of carbonyl (C=O) groups is 2. The largest absolute Gasteiger partial charge is 0.494 e. The van der Waals surface area contributed by atoms with Crippen molar-refractivity contribution in [3.8, 4) is 11.5 Å². The van der Waals surface area contributed by atoms with E-state index in [1.807, 2.05) is 31.2 Å². The molecule has 2 aliphatic heterocycles. The zero-order valence-electron chi connectivity index (χ0n) is 18.4. The van der Waals surface area contributed by atoms with Gasteiger partial charge in [0.05, 0.1) is 17.2 Å². The fraction of sp³-hybridized carbons (Fsp3) is 0.391. The zero-order valence-corrected chi connectivity index (χ0v) is 19.2. The van der Waals surface area contributed by atoms with Crippen molar-refractivity contribution in [3.05, 3.63) is 48.0 Å². The minimum Gasteiger partial charge on any atom is -0.494 e. The Kier molecular flexibility index (Phi) is 6.85. The first-order chi connectivity index (χ1) is 15.9. The van der Waals surface area contributed by atoms with E-state index in [0.717, 1.165) is 11.3 Å². The molecule has 2 amide bonds. The van der Waals surface area contributed by atoms with Gasteiger partial charge in [-0.05, 0) is 55.7 Å². The third-order valence-electron chi connectivity index (χ3n) is 5.75. The molecule has 9 nitrogen and oxygen atoms in total. The molecule has 0 radical (unpaired) electrons. The summed E-state index contributed by atoms with van der Waals surface area (Å²) in [5, 5.41) is 5.57. The first-order valence-electron chi connectivity index (χ1n) is 10.9. The van der Waals surface area contributed by atoms with Crippen LogP contribution in [0.15, 0.2) is 47.4 Å². The number of ether oxygens (including phenoxy) is 2. The summed E-state index contributed by atoms with van der Waals surface area (Å²) in [7, 11) is -3.74. The summed E-state index contributed by atoms with van der Waals surface area (Å²) in [6, 6.07) is 12.0. The Hall–Kier alpha value is -3.11. The van der Waals surface area contributed by atoms with E-state index in [1.54, 1.807) is 6.07 Å². The van der Waals surface area contributed by atoms with Gasteiger partial charge in [-0.25, -0.2) is 8.42 Å². The molecule has 2 heterocycles. The summed E-state index contributed by atoms with van der Waals surface area (Å²) in [6.07, 6.45) is 0.887. The lowest BCUT2D eigenvalue weighted by Gasteiger charge is -2.31. The van der Waals surface area contributed by atoms with E-state index in [2.05, 4.69) is 10.6 Å². The van der Waals surface area contributed by atoms with Gasteiger partial charge in [0.25, 0.3) is 5.91 Å². The molecule has 2 aromatic carbocycles. The van der Waals surface area contributed by atoms with Gasteiger partial charge >= 0.3 is 0 Å². The van der Waals surface area contributed by atoms with Crippen molar-refractivity contribution in [2.45, 2.75) is 31.2 Å². The molecule has 2 aromatic rings. The van der Waals surface area contributed by atoms with E-state index in [-0.39, 0.29) is 42.3 Å². The second-order valence-electron chi connectivity index (χ2n) is 7.97. The van der Waals surface area contributed by atoms with E-state index < -0.39 is 10.0 Å². The second kappa shape index (κ2) is 9.80. The molecule has 1 fully saturated rings. The Labute approximate surface area is 193 Å². The molecule has 0 aliphatic carbocycles. The van der Waals surface area contributed by atoms with Crippen LogP contribution in [0.4, 0.5) is 5.69 Å². The summed E-state index contributed by atoms with van der Waals surface area (Å²) in [5.74, 6) is 0.588. The Balaban J connectivity index is 1.32. The number of carbonyl (C=O) groups excluding carboxylic acids is 2. The van der Waals surface area contributed by atoms with Gasteiger partial charge in [-0.3, -0.25) is 9.59 Å². The van der Waals surface area contributed by atoms with Crippen LogP contribution in [0, 0.1) is 5.92 Å². The number of rotatable bonds is 7. The van der Waals surface area contributed by atoms with E-state index in [1.165, 1.54) is 16.4 Å². The van der Waals surface area contributed by atoms with Gasteiger partial charge in [0.2, 0.25) is 15.9 Å². The van der Waals surface area contributed by atoms with Crippen molar-refractivity contribution in [2.24, 2.45) is 5.92 Å². The van der Waals surface area contributed by atoms with Crippen LogP contribution in [0.25, 0.3) is 0 Å². The number of amides is 2. The predicted octanol–water partition coefficient (Wildman–Crippen LogP) is 2.13. The average molecular weight is 474 g/mol. The molecular formula is C23H27N3O6S. The number of fused-ring (bicyclic) bond motifs is 1. The molecule has 4 rings (SSSR count). The number of hydrogen-bond acceptors (Lipinski definition) is 6. The van der Waals surface area contributed by atoms with Gasteiger partial charge in [-0.2, -0.15) is 4.31 Å². The Morgan fingerprint density at radius 3 is 2.61 bits per heavy atom. The van der Waals surface area contributed by atoms with Crippen LogP contribution in [0.5, 0.6) is 11.5 Å². The van der Waals surface area contributed by atoms with Gasteiger partial charge < -0.3 is 20.1 Å². The maximum absolute atomic E-state index is 13.1. The lowest BCUT2D eigenvalue weighted by molar-refractivity contribution is -0.126. The highest BCUT2D eigenvalue weighted by Crippen LogP contribution is 2.32. The van der Waals surface area contributed by atoms with E-state index in [4.69, 9.17) is 9.47 Å². The number of benzene rings is 2. The van der Waals surface area contributed by atoms with Gasteiger partial charge in [0.1, 0.15) is 11.5 Å². The number of hydrogen-bond donors (Lipinski definition) is 2. The van der Waals surface area contributed by atoms with Crippen LogP contribution >= 0.6 is 0 Å². The molecule has 0 aromatic heterocycles. The summed E-state index contributed by atoms with van der Waals surface area (Å²) in [6.45, 7) is 3.35. The molecule has 1 saturated heterocycles. The first-order valence-corrected chi connectivity index (χ1v) is 12.4. The van der Waals surface area contributed by atoms with Crippen molar-refractivity contribution < 1.29 is 27.5 Å². The fourth-order valence-electron chi connectivity index (χ4n) is 3.93. The lowest BCUT2D eigenvalue weighted by atomic mass is 9.97. The SMILES string of the molecule is CCOc1ccc(CNC(=O)C2CCN(S(=O)(=O)c3ccc4c(c3)NC(=O)CO4)CC2)cc1. The van der Waals surface area contributed by atoms with Crippen LogP contribution in [-0.4, -0.2) is 50.8 Å². The summed E-state index contributed by atoms with van der Waals surface area (Å²) < 4.78 is 38.2. The number of anilines is 1. The van der Waals surface area contributed by atoms with Gasteiger partial charge in [0.15, 0.2) is 6.61 Å². The number of sulfonamides is 1. The summed E-state index contributed by atoms with van der Waals surface area (Å²) in [5.41, 5.74) is 1.31. The maximum Gasteiger partial charge on any atom is 0.262 e. The molecule has 0 saturated carbocycles. The van der Waals surface area contributed by atoms with Crippen molar-refractivity contribution in [1.29, 1.82) is 0 Å². The topological polar surface area (TPSA) is 114 Å². The Morgan fingerprint density at radius 2 is 1.91 bits per heavy atom. The second-order valence-corrected chi connectivity index (χ2v) is 9.91. The first kappa shape index (κ1) is 23.1. The summed E-state index contributed by atoms with van der Waals surface area (Å²) in [4.78, 5) is 24.2. The van der Waals surface area contributed by atoms with Crippen molar-refractivity contribution >= 4 is 27.5 Å². The fourth-order valence-corrected chi connectivity index (χ4v) is 5.43. The highest BCUT2D eigenvalue weighted by molar-refractivity contribution is 7.89. The van der Waals surface area contributed by atoms with Gasteiger partial charge in [0, 0.05) is 25.6 Å². The minimum atomic E-state index is -3.74. The molecule has 176 valence electrons. The molecule has 2 aliphatic rings. The van der Waals surface area contributed by atoms with Crippen LogP contribution in [0.2, 0.25) is 0 Å². The van der Waals surface area contributed by atoms with E-state index in [0.29, 0.717) is 37.4 Å². The molecule has 2 N–H and O–H groups in total. The molecule has 0 unspecified atom stereocenters. The summed E-state index contributed by atoms with van der Waals surface area (Å²) >= 11 is 0. The third kappa shape index (κ3) is 5.28. The van der Waals surface area contributed by atoms with Crippen molar-refractivity contribution in [2.75, 3.05) is 31.6 Å². The number of piperidine rings is 1. The minimum absolute atomic E-state index is 0.0745. The number of nitrogens with one attached hydrogen (secondary N) is 2. The van der Waals surface area contributed by atoms with Gasteiger partial charge in [-0.15, -0.1) is 0 Å². The predicted molar refractivity (Wildman–Crippen MR) is 122 cm³/mol. The van der Waals surface area contributed by atoms with Crippen molar-refractivity contribution in [3.63, 3.8) is 0 Å². The standard InChI is InChI=1S/C23H27N3O6S/c1-2-31-18-5-3-16(4-6-18)14-24-23(28)17-9-11-26(12-10-17)33(29,30)19-7-8-21-20(13-19)25-22(27)15-32-21/h3-8,13,17H,2,9-12,14-15H2,1H3,(H,24,28)(H,25,27).